The zero-order valence-corrected chi connectivity index (χ0v) is 15.9. The monoisotopic (exact) mass is 419 g/mol. The van der Waals surface area contributed by atoms with Gasteiger partial charge in [-0.25, -0.2) is 4.57 Å². The number of phosphoric acid groups is 1. The number of aromatic nitrogens is 1. The third kappa shape index (κ3) is 5.81. The van der Waals surface area contributed by atoms with Crippen molar-refractivity contribution in [3.63, 3.8) is 0 Å². The van der Waals surface area contributed by atoms with Crippen LogP contribution in [0, 0.1) is 0 Å². The average molecular weight is 419 g/mol. The Morgan fingerprint density at radius 3 is 2.36 bits per heavy atom. The van der Waals surface area contributed by atoms with Gasteiger partial charge in [-0.3, -0.25) is 18.9 Å². The van der Waals surface area contributed by atoms with Crippen molar-refractivity contribution in [1.29, 1.82) is 0 Å². The fourth-order valence-corrected chi connectivity index (χ4v) is 3.04. The number of nitrogens with zero attached hydrogens (tertiary/aromatic N) is 1. The third-order valence-electron chi connectivity index (χ3n) is 3.70. The van der Waals surface area contributed by atoms with E-state index in [0.29, 0.717) is 0 Å². The van der Waals surface area contributed by atoms with Crippen LogP contribution in [0.3, 0.4) is 0 Å². The molecule has 2 heterocycles. The summed E-state index contributed by atoms with van der Waals surface area (Å²) in [6.07, 6.45) is -1.83. The Morgan fingerprint density at radius 2 is 1.82 bits per heavy atom. The van der Waals surface area contributed by atoms with Gasteiger partial charge < -0.3 is 29.7 Å². The number of pyridine rings is 1. The summed E-state index contributed by atoms with van der Waals surface area (Å²) in [4.78, 5) is 52.3. The highest BCUT2D eigenvalue weighted by atomic mass is 31.2. The Hall–Kier alpha value is -2.37. The highest BCUT2D eigenvalue weighted by Gasteiger charge is 2.54. The fraction of sp³-hybridized carbons (Fsp3) is 0.467. The number of nitrogens with two attached hydrogens (primary N) is 1. The molecule has 1 saturated heterocycles. The maximum absolute atomic E-state index is 11.5. The highest BCUT2D eigenvalue weighted by Crippen LogP contribution is 2.38. The first-order valence-electron chi connectivity index (χ1n) is 7.98. The van der Waals surface area contributed by atoms with E-state index in [-0.39, 0.29) is 5.56 Å². The Bertz CT molecular complexity index is 810. The zero-order valence-electron chi connectivity index (χ0n) is 15.0. The summed E-state index contributed by atoms with van der Waals surface area (Å²) in [6, 6.07) is 2.95. The van der Waals surface area contributed by atoms with Gasteiger partial charge in [0.1, 0.15) is 11.7 Å². The van der Waals surface area contributed by atoms with Gasteiger partial charge >= 0.3 is 26.0 Å². The first-order valence-corrected chi connectivity index (χ1v) is 9.51. The molecule has 4 atom stereocenters. The number of ether oxygens (including phenoxy) is 3. The largest absolute Gasteiger partial charge is 0.469 e. The molecule has 0 radical (unpaired) electrons. The molecule has 1 amide bonds. The molecule has 1 aliphatic heterocycles. The molecule has 1 aliphatic rings. The van der Waals surface area contributed by atoms with Gasteiger partial charge in [-0.05, 0) is 6.07 Å². The van der Waals surface area contributed by atoms with Crippen LogP contribution in [-0.2, 0) is 32.9 Å². The molecule has 12 nitrogen and oxygen atoms in total. The number of carbonyl (C=O) groups excluding carboxylic acids is 3. The van der Waals surface area contributed by atoms with Gasteiger partial charge in [-0.1, -0.05) is 0 Å². The molecule has 13 heteroatoms. The summed E-state index contributed by atoms with van der Waals surface area (Å²) < 4.78 is 32.9. The minimum absolute atomic E-state index is 0.131. The average Bonchev–Trinajstić information content (AvgIpc) is 2.89. The molecule has 4 N–H and O–H groups in total. The van der Waals surface area contributed by atoms with Gasteiger partial charge in [-0.2, -0.15) is 4.57 Å². The van der Waals surface area contributed by atoms with Crippen molar-refractivity contribution >= 4 is 25.7 Å². The van der Waals surface area contributed by atoms with E-state index in [0.717, 1.165) is 13.8 Å². The second-order valence-corrected chi connectivity index (χ2v) is 7.14. The Kier molecular flexibility index (Phi) is 6.86. The first kappa shape index (κ1) is 21.9. The molecular formula is C15H20N2O10P+. The maximum Gasteiger partial charge on any atom is 0.469 e. The number of primary amides is 1. The molecule has 154 valence electrons. The Labute approximate surface area is 159 Å². The third-order valence-corrected chi connectivity index (χ3v) is 4.18. The summed E-state index contributed by atoms with van der Waals surface area (Å²) in [5.41, 5.74) is 5.39. The van der Waals surface area contributed by atoms with Crippen molar-refractivity contribution in [1.82, 2.24) is 0 Å². The zero-order chi connectivity index (χ0) is 21.1. The van der Waals surface area contributed by atoms with Gasteiger partial charge in [0.05, 0.1) is 6.61 Å². The molecule has 2 unspecified atom stereocenters. The van der Waals surface area contributed by atoms with Gasteiger partial charge in [0.15, 0.2) is 18.5 Å². The summed E-state index contributed by atoms with van der Waals surface area (Å²) in [5.74, 6) is -2.16. The van der Waals surface area contributed by atoms with E-state index in [1.54, 1.807) is 0 Å². The standard InChI is InChI=1S/C15H19N2O10P/c1-8(18)25-12-11(7-24-28(21,22)23)27-15(13(12)26-9(2)19)17-5-3-4-10(6-17)14(16)20/h3-6,11-13,15H,7H2,1-2H3,(H3-,16,20,21,22,23)/p+1/t11-,12?,13?,15-/m1/s1. The van der Waals surface area contributed by atoms with Crippen LogP contribution in [0.25, 0.3) is 0 Å². The normalized spacial score (nSPS) is 24.6. The fourth-order valence-electron chi connectivity index (χ4n) is 2.70. The molecule has 0 spiro atoms. The van der Waals surface area contributed by atoms with Crippen molar-refractivity contribution in [2.45, 2.75) is 38.4 Å². The quantitative estimate of drug-likeness (QED) is 0.281. The Morgan fingerprint density at radius 1 is 1.21 bits per heavy atom. The van der Waals surface area contributed by atoms with Crippen molar-refractivity contribution in [3.8, 4) is 0 Å². The van der Waals surface area contributed by atoms with E-state index in [1.807, 2.05) is 0 Å². The predicted octanol–water partition coefficient (Wildman–Crippen LogP) is -1.06. The first-order chi connectivity index (χ1) is 13.0. The molecule has 28 heavy (non-hydrogen) atoms. The second-order valence-electron chi connectivity index (χ2n) is 5.90. The van der Waals surface area contributed by atoms with Crippen molar-refractivity contribution in [2.24, 2.45) is 5.73 Å². The molecular weight excluding hydrogens is 399 g/mol. The summed E-state index contributed by atoms with van der Waals surface area (Å²) in [6.45, 7) is 1.60. The smallest absolute Gasteiger partial charge is 0.455 e. The van der Waals surface area contributed by atoms with Crippen LogP contribution < -0.4 is 10.3 Å². The lowest BCUT2D eigenvalue weighted by molar-refractivity contribution is -0.765. The summed E-state index contributed by atoms with van der Waals surface area (Å²) >= 11 is 0. The van der Waals surface area contributed by atoms with E-state index in [4.69, 9.17) is 29.7 Å². The second kappa shape index (κ2) is 8.76. The van der Waals surface area contributed by atoms with Crippen LogP contribution in [-0.4, -0.2) is 52.6 Å². The molecule has 0 saturated carbocycles. The minimum Gasteiger partial charge on any atom is -0.455 e. The lowest BCUT2D eigenvalue weighted by atomic mass is 10.1. The van der Waals surface area contributed by atoms with Crippen molar-refractivity contribution < 1.29 is 52.0 Å². The lowest BCUT2D eigenvalue weighted by Crippen LogP contribution is -2.48. The summed E-state index contributed by atoms with van der Waals surface area (Å²) in [5, 5.41) is 0. The van der Waals surface area contributed by atoms with Crippen LogP contribution in [0.2, 0.25) is 0 Å². The number of rotatable bonds is 7. The number of esters is 2. The van der Waals surface area contributed by atoms with Gasteiger partial charge in [0.25, 0.3) is 5.91 Å². The van der Waals surface area contributed by atoms with E-state index in [2.05, 4.69) is 4.52 Å². The van der Waals surface area contributed by atoms with Crippen molar-refractivity contribution in [2.75, 3.05) is 6.61 Å². The molecule has 1 aromatic rings. The number of hydrogen-bond acceptors (Lipinski definition) is 8. The van der Waals surface area contributed by atoms with Crippen LogP contribution in [0.1, 0.15) is 30.4 Å². The molecule has 1 fully saturated rings. The molecule has 0 aromatic carbocycles. The van der Waals surface area contributed by atoms with E-state index < -0.39 is 56.8 Å². The highest BCUT2D eigenvalue weighted by molar-refractivity contribution is 7.46. The van der Waals surface area contributed by atoms with Crippen LogP contribution >= 0.6 is 7.82 Å². The predicted molar refractivity (Wildman–Crippen MR) is 88.2 cm³/mol. The maximum atomic E-state index is 11.5. The molecule has 1 aromatic heterocycles. The molecule has 0 aliphatic carbocycles. The van der Waals surface area contributed by atoms with Gasteiger partial charge in [-0.15, -0.1) is 0 Å². The minimum atomic E-state index is -4.84. The van der Waals surface area contributed by atoms with Crippen LogP contribution in [0.5, 0.6) is 0 Å². The van der Waals surface area contributed by atoms with E-state index in [1.165, 1.54) is 29.1 Å². The van der Waals surface area contributed by atoms with E-state index in [9.17, 15) is 18.9 Å². The molecule has 0 bridgehead atoms. The lowest BCUT2D eigenvalue weighted by Gasteiger charge is -2.21. The Balaban J connectivity index is 2.39. The number of amides is 1. The SMILES string of the molecule is CC(=O)OC1C(OC(C)=O)[C@@H](COP(=O)(O)O)O[C@H]1[n+]1cccc(C(N)=O)c1. The number of phosphoric ester groups is 1. The molecule has 2 rings (SSSR count). The van der Waals surface area contributed by atoms with Gasteiger partial charge in [0, 0.05) is 19.9 Å². The van der Waals surface area contributed by atoms with Gasteiger partial charge in [0.2, 0.25) is 6.10 Å². The van der Waals surface area contributed by atoms with E-state index >= 15 is 0 Å². The van der Waals surface area contributed by atoms with Crippen LogP contribution in [0.15, 0.2) is 24.5 Å². The van der Waals surface area contributed by atoms with Crippen LogP contribution in [0.4, 0.5) is 0 Å². The summed E-state index contributed by atoms with van der Waals surface area (Å²) in [7, 11) is -4.84. The topological polar surface area (TPSA) is 176 Å². The number of carbonyl (C=O) groups is 3. The number of hydrogen-bond donors (Lipinski definition) is 3. The van der Waals surface area contributed by atoms with Crippen molar-refractivity contribution in [3.05, 3.63) is 30.1 Å².